The van der Waals surface area contributed by atoms with E-state index >= 15 is 0 Å². The van der Waals surface area contributed by atoms with Gasteiger partial charge in [0.2, 0.25) is 0 Å². The first kappa shape index (κ1) is 9.40. The molecule has 0 atom stereocenters. The summed E-state index contributed by atoms with van der Waals surface area (Å²) in [5.74, 6) is 0.0480. The monoisotopic (exact) mass is 204 g/mol. The molecule has 3 rings (SSSR count). The molecule has 2 aromatic rings. The molecule has 2 aromatic carbocycles. The Morgan fingerprint density at radius 3 is 2.38 bits per heavy atom. The average Bonchev–Trinajstić information content (AvgIpc) is 2.59. The molecule has 1 aliphatic rings. The summed E-state index contributed by atoms with van der Waals surface area (Å²) in [7, 11) is 5.98. The van der Waals surface area contributed by atoms with Crippen molar-refractivity contribution in [1.82, 2.24) is 0 Å². The van der Waals surface area contributed by atoms with Gasteiger partial charge in [0.05, 0.1) is 0 Å². The van der Waals surface area contributed by atoms with Crippen LogP contribution in [-0.4, -0.2) is 13.6 Å². The van der Waals surface area contributed by atoms with Crippen LogP contribution in [-0.2, 0) is 0 Å². The third-order valence-corrected chi connectivity index (χ3v) is 3.15. The third-order valence-electron chi connectivity index (χ3n) is 3.15. The maximum absolute atomic E-state index is 12.2. The van der Waals surface area contributed by atoms with E-state index in [1.54, 1.807) is 0 Å². The first-order valence-electron chi connectivity index (χ1n) is 5.23. The van der Waals surface area contributed by atoms with Crippen molar-refractivity contribution in [3.8, 4) is 11.1 Å². The van der Waals surface area contributed by atoms with Crippen molar-refractivity contribution < 1.29 is 4.79 Å². The smallest absolute Gasteiger partial charge is 0.193 e. The summed E-state index contributed by atoms with van der Waals surface area (Å²) in [6.07, 6.45) is 0. The lowest BCUT2D eigenvalue weighted by atomic mass is 9.84. The first-order valence-corrected chi connectivity index (χ1v) is 5.23. The summed E-state index contributed by atoms with van der Waals surface area (Å²) in [4.78, 5) is 12.2. The number of rotatable bonds is 0. The van der Waals surface area contributed by atoms with Crippen LogP contribution in [0.3, 0.4) is 0 Å². The van der Waals surface area contributed by atoms with Gasteiger partial charge in [-0.3, -0.25) is 4.79 Å². The Bertz CT molecular complexity index is 614. The SMILES string of the molecule is [B]c1c(C)ccc2c1C(=O)c1ccccc1-2. The molecule has 2 radical (unpaired) electrons. The van der Waals surface area contributed by atoms with Crippen molar-refractivity contribution in [3.05, 3.63) is 53.1 Å². The van der Waals surface area contributed by atoms with Gasteiger partial charge in [0, 0.05) is 11.1 Å². The Kier molecular flexibility index (Phi) is 1.81. The zero-order valence-electron chi connectivity index (χ0n) is 8.95. The van der Waals surface area contributed by atoms with Gasteiger partial charge in [-0.1, -0.05) is 47.4 Å². The largest absolute Gasteiger partial charge is 0.289 e. The second-order valence-electron chi connectivity index (χ2n) is 4.09. The molecule has 0 fully saturated rings. The summed E-state index contributed by atoms with van der Waals surface area (Å²) in [6.45, 7) is 1.92. The Morgan fingerprint density at radius 1 is 0.938 bits per heavy atom. The van der Waals surface area contributed by atoms with Gasteiger partial charge in [-0.15, -0.1) is 0 Å². The van der Waals surface area contributed by atoms with Gasteiger partial charge in [-0.2, -0.15) is 0 Å². The van der Waals surface area contributed by atoms with E-state index in [9.17, 15) is 4.79 Å². The fraction of sp³-hybridized carbons (Fsp3) is 0.0714. The Hall–Kier alpha value is -1.83. The second-order valence-corrected chi connectivity index (χ2v) is 4.09. The predicted octanol–water partition coefficient (Wildman–Crippen LogP) is 2.00. The van der Waals surface area contributed by atoms with Crippen LogP contribution < -0.4 is 5.46 Å². The summed E-state index contributed by atoms with van der Waals surface area (Å²) < 4.78 is 0. The Morgan fingerprint density at radius 2 is 1.62 bits per heavy atom. The number of benzene rings is 2. The highest BCUT2D eigenvalue weighted by Crippen LogP contribution is 2.35. The van der Waals surface area contributed by atoms with Gasteiger partial charge in [0.15, 0.2) is 5.78 Å². The summed E-state index contributed by atoms with van der Waals surface area (Å²) in [5.41, 5.74) is 4.95. The standard InChI is InChI=1S/C14H9BO/c1-8-6-7-10-9-4-2-3-5-11(9)14(16)12(10)13(8)15/h2-7H,1H3. The first-order chi connectivity index (χ1) is 7.70. The van der Waals surface area contributed by atoms with Crippen molar-refractivity contribution in [2.75, 3.05) is 0 Å². The van der Waals surface area contributed by atoms with Crippen LogP contribution in [0.4, 0.5) is 0 Å². The lowest BCUT2D eigenvalue weighted by Gasteiger charge is -2.06. The molecular formula is C14H9BO. The lowest BCUT2D eigenvalue weighted by Crippen LogP contribution is -2.17. The zero-order valence-corrected chi connectivity index (χ0v) is 8.95. The zero-order chi connectivity index (χ0) is 11.3. The van der Waals surface area contributed by atoms with Crippen molar-refractivity contribution in [3.63, 3.8) is 0 Å². The molecule has 0 spiro atoms. The topological polar surface area (TPSA) is 17.1 Å². The van der Waals surface area contributed by atoms with E-state index < -0.39 is 0 Å². The van der Waals surface area contributed by atoms with E-state index in [-0.39, 0.29) is 5.78 Å². The fourth-order valence-electron chi connectivity index (χ4n) is 2.24. The van der Waals surface area contributed by atoms with Crippen LogP contribution in [0.1, 0.15) is 21.5 Å². The molecular weight excluding hydrogens is 195 g/mol. The van der Waals surface area contributed by atoms with Crippen molar-refractivity contribution in [1.29, 1.82) is 0 Å². The molecule has 2 heteroatoms. The maximum atomic E-state index is 12.2. The van der Waals surface area contributed by atoms with Crippen molar-refractivity contribution in [2.24, 2.45) is 0 Å². The third kappa shape index (κ3) is 1.04. The number of carbonyl (C=O) groups is 1. The second kappa shape index (κ2) is 3.08. The minimum absolute atomic E-state index is 0.0480. The molecule has 1 nitrogen and oxygen atoms in total. The highest BCUT2D eigenvalue weighted by molar-refractivity contribution is 6.41. The van der Waals surface area contributed by atoms with Crippen LogP contribution in [0, 0.1) is 6.92 Å². The van der Waals surface area contributed by atoms with Crippen molar-refractivity contribution in [2.45, 2.75) is 6.92 Å². The number of hydrogen-bond donors (Lipinski definition) is 0. The Labute approximate surface area is 95.5 Å². The van der Waals surface area contributed by atoms with Crippen LogP contribution in [0.25, 0.3) is 11.1 Å². The molecule has 0 unspecified atom stereocenters. The molecule has 1 aliphatic carbocycles. The quantitative estimate of drug-likeness (QED) is 0.512. The minimum atomic E-state index is 0.0480. The maximum Gasteiger partial charge on any atom is 0.193 e. The molecule has 0 bridgehead atoms. The summed E-state index contributed by atoms with van der Waals surface area (Å²) in [5, 5.41) is 0. The fourth-order valence-corrected chi connectivity index (χ4v) is 2.24. The molecule has 0 aromatic heterocycles. The van der Waals surface area contributed by atoms with Gasteiger partial charge in [-0.25, -0.2) is 0 Å². The number of hydrogen-bond acceptors (Lipinski definition) is 1. The highest BCUT2D eigenvalue weighted by atomic mass is 16.1. The molecule has 0 N–H and O–H groups in total. The normalized spacial score (nSPS) is 12.4. The van der Waals surface area contributed by atoms with E-state index in [0.717, 1.165) is 22.3 Å². The number of aryl methyl sites for hydroxylation is 1. The number of fused-ring (bicyclic) bond motifs is 3. The van der Waals surface area contributed by atoms with Crippen LogP contribution >= 0.6 is 0 Å². The van der Waals surface area contributed by atoms with E-state index in [2.05, 4.69) is 0 Å². The molecule has 0 saturated carbocycles. The Balaban J connectivity index is 2.42. The molecule has 0 amide bonds. The predicted molar refractivity (Wildman–Crippen MR) is 65.4 cm³/mol. The van der Waals surface area contributed by atoms with Gasteiger partial charge in [-0.05, 0) is 18.1 Å². The lowest BCUT2D eigenvalue weighted by molar-refractivity contribution is 0.104. The molecule has 0 aliphatic heterocycles. The van der Waals surface area contributed by atoms with E-state index in [1.165, 1.54) is 0 Å². The number of ketones is 1. The molecule has 0 heterocycles. The minimum Gasteiger partial charge on any atom is -0.289 e. The van der Waals surface area contributed by atoms with Crippen LogP contribution in [0.2, 0.25) is 0 Å². The van der Waals surface area contributed by atoms with E-state index in [1.807, 2.05) is 43.3 Å². The average molecular weight is 204 g/mol. The summed E-state index contributed by atoms with van der Waals surface area (Å²) >= 11 is 0. The molecule has 74 valence electrons. The van der Waals surface area contributed by atoms with Gasteiger partial charge >= 0.3 is 0 Å². The highest BCUT2D eigenvalue weighted by Gasteiger charge is 2.27. The van der Waals surface area contributed by atoms with E-state index in [4.69, 9.17) is 7.85 Å². The van der Waals surface area contributed by atoms with Gasteiger partial charge in [0.1, 0.15) is 7.85 Å². The van der Waals surface area contributed by atoms with Crippen molar-refractivity contribution >= 4 is 19.1 Å². The van der Waals surface area contributed by atoms with Crippen LogP contribution in [0.15, 0.2) is 36.4 Å². The van der Waals surface area contributed by atoms with Crippen LogP contribution in [0.5, 0.6) is 0 Å². The van der Waals surface area contributed by atoms with E-state index in [0.29, 0.717) is 11.0 Å². The van der Waals surface area contributed by atoms with Gasteiger partial charge < -0.3 is 0 Å². The molecule has 16 heavy (non-hydrogen) atoms. The van der Waals surface area contributed by atoms with Gasteiger partial charge in [0.25, 0.3) is 0 Å². The summed E-state index contributed by atoms with van der Waals surface area (Å²) in [6, 6.07) is 11.6. The molecule has 0 saturated heterocycles. The number of carbonyl (C=O) groups excluding carboxylic acids is 1.